The topological polar surface area (TPSA) is 46.3 Å². The lowest BCUT2D eigenvalue weighted by Gasteiger charge is -2.34. The third-order valence-electron chi connectivity index (χ3n) is 5.03. The van der Waals surface area contributed by atoms with E-state index in [1.54, 1.807) is 0 Å². The van der Waals surface area contributed by atoms with Crippen molar-refractivity contribution in [2.75, 3.05) is 6.54 Å². The highest BCUT2D eigenvalue weighted by molar-refractivity contribution is 5.83. The fourth-order valence-electron chi connectivity index (χ4n) is 3.50. The molecule has 2 aliphatic rings. The van der Waals surface area contributed by atoms with Crippen molar-refractivity contribution < 1.29 is 4.79 Å². The molecule has 0 aromatic heterocycles. The van der Waals surface area contributed by atoms with E-state index >= 15 is 0 Å². The number of nitrogens with zero attached hydrogens (tertiary/aromatic N) is 1. The molecular formula is C14H26N2O. The van der Waals surface area contributed by atoms with Gasteiger partial charge in [0.05, 0.1) is 6.04 Å². The van der Waals surface area contributed by atoms with Gasteiger partial charge in [-0.2, -0.15) is 0 Å². The number of hydrogen-bond acceptors (Lipinski definition) is 2. The molecule has 3 nitrogen and oxygen atoms in total. The Bertz CT molecular complexity index is 343. The first-order chi connectivity index (χ1) is 7.58. The van der Waals surface area contributed by atoms with Crippen LogP contribution in [-0.4, -0.2) is 29.4 Å². The van der Waals surface area contributed by atoms with E-state index in [1.807, 2.05) is 25.7 Å². The molecule has 0 unspecified atom stereocenters. The standard InChI is InChI=1S/C14H26N2O/c1-8-10-9(14(10,5)6)7-16(8)12(17)11(15)13(2,3)4/h8-11H,7,15H2,1-6H3/t8-,9+,10-,11+/m1/s1. The highest BCUT2D eigenvalue weighted by Crippen LogP contribution is 2.64. The van der Waals surface area contributed by atoms with Crippen molar-refractivity contribution >= 4 is 5.91 Å². The summed E-state index contributed by atoms with van der Waals surface area (Å²) in [6.07, 6.45) is 0. The van der Waals surface area contributed by atoms with Crippen LogP contribution in [0.4, 0.5) is 0 Å². The molecule has 4 atom stereocenters. The Balaban J connectivity index is 2.05. The Morgan fingerprint density at radius 2 is 1.94 bits per heavy atom. The zero-order valence-corrected chi connectivity index (χ0v) is 11.9. The van der Waals surface area contributed by atoms with Crippen LogP contribution in [0.3, 0.4) is 0 Å². The molecule has 0 spiro atoms. The molecule has 0 aromatic carbocycles. The van der Waals surface area contributed by atoms with Crippen LogP contribution in [0.5, 0.6) is 0 Å². The lowest BCUT2D eigenvalue weighted by Crippen LogP contribution is -2.52. The predicted molar refractivity (Wildman–Crippen MR) is 69.4 cm³/mol. The molecule has 2 fully saturated rings. The van der Waals surface area contributed by atoms with Crippen LogP contribution >= 0.6 is 0 Å². The minimum absolute atomic E-state index is 0.132. The number of piperidine rings is 1. The van der Waals surface area contributed by atoms with E-state index in [4.69, 9.17) is 5.73 Å². The zero-order chi connectivity index (χ0) is 13.2. The molecule has 98 valence electrons. The molecule has 0 bridgehead atoms. The number of rotatable bonds is 1. The van der Waals surface area contributed by atoms with Crippen LogP contribution in [0.15, 0.2) is 0 Å². The van der Waals surface area contributed by atoms with Crippen molar-refractivity contribution in [1.82, 2.24) is 4.90 Å². The van der Waals surface area contributed by atoms with Gasteiger partial charge in [-0.15, -0.1) is 0 Å². The van der Waals surface area contributed by atoms with Crippen molar-refractivity contribution in [3.05, 3.63) is 0 Å². The summed E-state index contributed by atoms with van der Waals surface area (Å²) in [4.78, 5) is 14.4. The fourth-order valence-corrected chi connectivity index (χ4v) is 3.50. The van der Waals surface area contributed by atoms with E-state index < -0.39 is 0 Å². The molecule has 1 saturated carbocycles. The number of carbonyl (C=O) groups is 1. The Hall–Kier alpha value is -0.570. The summed E-state index contributed by atoms with van der Waals surface area (Å²) in [5, 5.41) is 0. The first-order valence-corrected chi connectivity index (χ1v) is 6.64. The molecule has 1 aliphatic carbocycles. The summed E-state index contributed by atoms with van der Waals surface area (Å²) in [7, 11) is 0. The summed E-state index contributed by atoms with van der Waals surface area (Å²) < 4.78 is 0. The molecule has 2 rings (SSSR count). The monoisotopic (exact) mass is 238 g/mol. The third kappa shape index (κ3) is 1.79. The molecule has 1 saturated heterocycles. The normalized spacial score (nSPS) is 36.6. The Morgan fingerprint density at radius 1 is 1.41 bits per heavy atom. The van der Waals surface area contributed by atoms with E-state index in [1.165, 1.54) is 0 Å². The second kappa shape index (κ2) is 3.47. The molecule has 2 N–H and O–H groups in total. The first-order valence-electron chi connectivity index (χ1n) is 6.64. The van der Waals surface area contributed by atoms with Gasteiger partial charge in [0.15, 0.2) is 0 Å². The van der Waals surface area contributed by atoms with Gasteiger partial charge in [-0.1, -0.05) is 34.6 Å². The SMILES string of the molecule is C[C@@H]1[C@@H]2[C@H](CN1C(=O)[C@H](N)C(C)(C)C)C2(C)C. The van der Waals surface area contributed by atoms with Crippen LogP contribution in [0, 0.1) is 22.7 Å². The molecule has 3 heteroatoms. The van der Waals surface area contributed by atoms with Crippen LogP contribution in [0.1, 0.15) is 41.5 Å². The van der Waals surface area contributed by atoms with E-state index in [0.29, 0.717) is 23.3 Å². The highest BCUT2D eigenvalue weighted by atomic mass is 16.2. The minimum Gasteiger partial charge on any atom is -0.338 e. The van der Waals surface area contributed by atoms with Gasteiger partial charge in [0.2, 0.25) is 5.91 Å². The second-order valence-electron chi connectivity index (χ2n) is 7.53. The average molecular weight is 238 g/mol. The molecule has 17 heavy (non-hydrogen) atoms. The summed E-state index contributed by atoms with van der Waals surface area (Å²) in [5.74, 6) is 1.50. The van der Waals surface area contributed by atoms with E-state index in [-0.39, 0.29) is 17.4 Å². The third-order valence-corrected chi connectivity index (χ3v) is 5.03. The van der Waals surface area contributed by atoms with Crippen LogP contribution in [-0.2, 0) is 4.79 Å². The Kier molecular flexibility index (Phi) is 2.63. The maximum atomic E-state index is 12.4. The molecule has 1 aliphatic heterocycles. The number of amides is 1. The van der Waals surface area contributed by atoms with Crippen molar-refractivity contribution in [1.29, 1.82) is 0 Å². The lowest BCUT2D eigenvalue weighted by molar-refractivity contribution is -0.136. The second-order valence-corrected chi connectivity index (χ2v) is 7.53. The number of hydrogen-bond donors (Lipinski definition) is 1. The predicted octanol–water partition coefficient (Wildman–Crippen LogP) is 1.86. The Morgan fingerprint density at radius 3 is 2.29 bits per heavy atom. The van der Waals surface area contributed by atoms with Crippen LogP contribution in [0.2, 0.25) is 0 Å². The largest absolute Gasteiger partial charge is 0.338 e. The lowest BCUT2D eigenvalue weighted by atomic mass is 9.86. The molecule has 1 heterocycles. The number of fused-ring (bicyclic) bond motifs is 1. The van der Waals surface area contributed by atoms with Gasteiger partial charge < -0.3 is 10.6 Å². The number of likely N-dealkylation sites (tertiary alicyclic amines) is 1. The molecular weight excluding hydrogens is 212 g/mol. The summed E-state index contributed by atoms with van der Waals surface area (Å²) >= 11 is 0. The van der Waals surface area contributed by atoms with Crippen molar-refractivity contribution in [2.24, 2.45) is 28.4 Å². The average Bonchev–Trinajstić information content (AvgIpc) is 2.53. The van der Waals surface area contributed by atoms with Gasteiger partial charge in [-0.25, -0.2) is 0 Å². The van der Waals surface area contributed by atoms with Crippen LogP contribution < -0.4 is 5.73 Å². The fraction of sp³-hybridized carbons (Fsp3) is 0.929. The Labute approximate surface area is 105 Å². The number of nitrogens with two attached hydrogens (primary N) is 1. The van der Waals surface area contributed by atoms with Gasteiger partial charge in [0.1, 0.15) is 0 Å². The van der Waals surface area contributed by atoms with Gasteiger partial charge in [-0.05, 0) is 29.6 Å². The molecule has 0 aromatic rings. The number of carbonyl (C=O) groups excluding carboxylic acids is 1. The quantitative estimate of drug-likeness (QED) is 0.758. The molecule has 0 radical (unpaired) electrons. The summed E-state index contributed by atoms with van der Waals surface area (Å²) in [5.41, 5.74) is 6.35. The summed E-state index contributed by atoms with van der Waals surface area (Å²) in [6.45, 7) is 13.8. The highest BCUT2D eigenvalue weighted by Gasteiger charge is 2.66. The van der Waals surface area contributed by atoms with Crippen LogP contribution in [0.25, 0.3) is 0 Å². The van der Waals surface area contributed by atoms with E-state index in [2.05, 4.69) is 20.8 Å². The van der Waals surface area contributed by atoms with Crippen molar-refractivity contribution in [2.45, 2.75) is 53.6 Å². The summed E-state index contributed by atoms with van der Waals surface area (Å²) in [6, 6.07) is -0.0264. The zero-order valence-electron chi connectivity index (χ0n) is 11.9. The smallest absolute Gasteiger partial charge is 0.240 e. The van der Waals surface area contributed by atoms with E-state index in [9.17, 15) is 4.79 Å². The van der Waals surface area contributed by atoms with Crippen molar-refractivity contribution in [3.63, 3.8) is 0 Å². The maximum Gasteiger partial charge on any atom is 0.240 e. The minimum atomic E-state index is -0.384. The van der Waals surface area contributed by atoms with E-state index in [0.717, 1.165) is 6.54 Å². The first kappa shape index (κ1) is 12.9. The van der Waals surface area contributed by atoms with Gasteiger partial charge in [0, 0.05) is 12.6 Å². The maximum absolute atomic E-state index is 12.4. The van der Waals surface area contributed by atoms with Gasteiger partial charge in [0.25, 0.3) is 0 Å². The molecule has 1 amide bonds. The van der Waals surface area contributed by atoms with Gasteiger partial charge in [-0.3, -0.25) is 4.79 Å². The van der Waals surface area contributed by atoms with Crippen molar-refractivity contribution in [3.8, 4) is 0 Å². The van der Waals surface area contributed by atoms with Gasteiger partial charge >= 0.3 is 0 Å².